The van der Waals surface area contributed by atoms with Crippen molar-refractivity contribution in [1.82, 2.24) is 0 Å². The first-order valence-electron chi connectivity index (χ1n) is 6.10. The number of nitrogens with one attached hydrogen (secondary N) is 1. The zero-order chi connectivity index (χ0) is 15.6. The van der Waals surface area contributed by atoms with Crippen LogP contribution < -0.4 is 5.32 Å². The van der Waals surface area contributed by atoms with E-state index in [9.17, 15) is 24.7 Å². The number of phenolic OH excluding ortho intramolecular Hbond substituents is 2. The highest BCUT2D eigenvalue weighted by Crippen LogP contribution is 2.31. The third-order valence-corrected chi connectivity index (χ3v) is 2.95. The number of anilines is 1. The summed E-state index contributed by atoms with van der Waals surface area (Å²) < 4.78 is 13.2. The molecule has 0 aromatic heterocycles. The van der Waals surface area contributed by atoms with E-state index >= 15 is 0 Å². The molecule has 7 heteroatoms. The van der Waals surface area contributed by atoms with Gasteiger partial charge < -0.3 is 15.5 Å². The van der Waals surface area contributed by atoms with Crippen LogP contribution in [0.3, 0.4) is 0 Å². The van der Waals surface area contributed by atoms with Crippen LogP contribution in [0.25, 0.3) is 0 Å². The van der Waals surface area contributed by atoms with Crippen molar-refractivity contribution in [3.63, 3.8) is 0 Å². The van der Waals surface area contributed by atoms with Crippen molar-refractivity contribution in [3.8, 4) is 11.5 Å². The van der Waals surface area contributed by atoms with E-state index in [0.717, 1.165) is 18.2 Å². The maximum absolute atomic E-state index is 13.2. The molecular weight excluding hydrogens is 279 g/mol. The summed E-state index contributed by atoms with van der Waals surface area (Å²) in [4.78, 5) is 10.3. The number of benzene rings is 2. The number of nitro groups is 1. The summed E-state index contributed by atoms with van der Waals surface area (Å²) >= 11 is 0. The van der Waals surface area contributed by atoms with E-state index in [1.54, 1.807) is 6.92 Å². The number of phenols is 2. The molecule has 0 saturated heterocycles. The minimum Gasteiger partial charge on any atom is -0.508 e. The third-order valence-electron chi connectivity index (χ3n) is 2.95. The Kier molecular flexibility index (Phi) is 3.93. The predicted molar refractivity (Wildman–Crippen MR) is 74.9 cm³/mol. The highest BCUT2D eigenvalue weighted by atomic mass is 19.1. The fraction of sp³-hybridized carbons (Fsp3) is 0.143. The number of nitrogens with zero attached hydrogens (tertiary/aromatic N) is 1. The van der Waals surface area contributed by atoms with Gasteiger partial charge in [-0.15, -0.1) is 0 Å². The Morgan fingerprint density at radius 1 is 1.19 bits per heavy atom. The molecule has 0 aliphatic rings. The molecular formula is C14H13FN2O4. The lowest BCUT2D eigenvalue weighted by Crippen LogP contribution is -2.08. The standard InChI is InChI=1S/C14H13FN2O4/c1-8(9-4-11(18)7-12(19)5-9)16-13-6-10(15)2-3-14(13)17(20)21/h2-8,16,18-19H,1H3. The average molecular weight is 292 g/mol. The van der Waals surface area contributed by atoms with Gasteiger partial charge in [0.2, 0.25) is 0 Å². The number of nitro benzene ring substituents is 1. The van der Waals surface area contributed by atoms with Crippen molar-refractivity contribution < 1.29 is 19.5 Å². The fourth-order valence-corrected chi connectivity index (χ4v) is 1.97. The first-order valence-corrected chi connectivity index (χ1v) is 6.10. The Bertz CT molecular complexity index is 670. The van der Waals surface area contributed by atoms with Gasteiger partial charge in [0.05, 0.1) is 4.92 Å². The van der Waals surface area contributed by atoms with Crippen LogP contribution in [0.15, 0.2) is 36.4 Å². The molecule has 21 heavy (non-hydrogen) atoms. The van der Waals surface area contributed by atoms with Crippen molar-refractivity contribution in [3.05, 3.63) is 57.9 Å². The van der Waals surface area contributed by atoms with Gasteiger partial charge in [0.15, 0.2) is 0 Å². The van der Waals surface area contributed by atoms with Gasteiger partial charge in [0, 0.05) is 24.2 Å². The first kappa shape index (κ1) is 14.6. The minimum absolute atomic E-state index is 0.0235. The summed E-state index contributed by atoms with van der Waals surface area (Å²) in [6.07, 6.45) is 0. The zero-order valence-corrected chi connectivity index (χ0v) is 11.1. The maximum atomic E-state index is 13.2. The van der Waals surface area contributed by atoms with Crippen LogP contribution in [0.2, 0.25) is 0 Å². The van der Waals surface area contributed by atoms with E-state index in [-0.39, 0.29) is 22.9 Å². The quantitative estimate of drug-likeness (QED) is 0.593. The Balaban J connectivity index is 2.32. The topological polar surface area (TPSA) is 95.6 Å². The van der Waals surface area contributed by atoms with Gasteiger partial charge in [-0.05, 0) is 30.7 Å². The van der Waals surface area contributed by atoms with E-state index < -0.39 is 16.8 Å². The molecule has 6 nitrogen and oxygen atoms in total. The van der Waals surface area contributed by atoms with Gasteiger partial charge in [0.1, 0.15) is 23.0 Å². The van der Waals surface area contributed by atoms with Gasteiger partial charge in [-0.3, -0.25) is 10.1 Å². The lowest BCUT2D eigenvalue weighted by Gasteiger charge is -2.16. The smallest absolute Gasteiger partial charge is 0.292 e. The zero-order valence-electron chi connectivity index (χ0n) is 11.1. The van der Waals surface area contributed by atoms with Crippen LogP contribution in [-0.2, 0) is 0 Å². The second-order valence-electron chi connectivity index (χ2n) is 4.57. The highest BCUT2D eigenvalue weighted by molar-refractivity contribution is 5.62. The van der Waals surface area contributed by atoms with E-state index in [0.29, 0.717) is 5.56 Å². The number of hydrogen-bond donors (Lipinski definition) is 3. The summed E-state index contributed by atoms with van der Waals surface area (Å²) in [7, 11) is 0. The Hall–Kier alpha value is -2.83. The molecule has 0 heterocycles. The maximum Gasteiger partial charge on any atom is 0.292 e. The number of halogens is 1. The Morgan fingerprint density at radius 3 is 2.38 bits per heavy atom. The summed E-state index contributed by atoms with van der Waals surface area (Å²) in [5.41, 5.74) is 0.272. The van der Waals surface area contributed by atoms with Crippen molar-refractivity contribution in [2.45, 2.75) is 13.0 Å². The lowest BCUT2D eigenvalue weighted by molar-refractivity contribution is -0.384. The Labute approximate surface area is 119 Å². The summed E-state index contributed by atoms with van der Waals surface area (Å²) in [6, 6.07) is 6.60. The van der Waals surface area contributed by atoms with Crippen LogP contribution in [0.5, 0.6) is 11.5 Å². The largest absolute Gasteiger partial charge is 0.508 e. The molecule has 0 saturated carbocycles. The number of rotatable bonds is 4. The van der Waals surface area contributed by atoms with Gasteiger partial charge in [-0.25, -0.2) is 4.39 Å². The molecule has 1 unspecified atom stereocenters. The number of aromatic hydroxyl groups is 2. The molecule has 0 aliphatic carbocycles. The van der Waals surface area contributed by atoms with Crippen molar-refractivity contribution >= 4 is 11.4 Å². The molecule has 0 amide bonds. The van der Waals surface area contributed by atoms with Gasteiger partial charge in [0.25, 0.3) is 5.69 Å². The molecule has 1 atom stereocenters. The molecule has 110 valence electrons. The van der Waals surface area contributed by atoms with Crippen LogP contribution in [0, 0.1) is 15.9 Å². The van der Waals surface area contributed by atoms with Gasteiger partial charge in [-0.1, -0.05) is 0 Å². The second kappa shape index (κ2) is 5.66. The summed E-state index contributed by atoms with van der Waals surface area (Å²) in [5, 5.41) is 32.6. The van der Waals surface area contributed by atoms with Crippen LogP contribution in [-0.4, -0.2) is 15.1 Å². The predicted octanol–water partition coefficient (Wildman–Crippen LogP) is 3.32. The molecule has 0 bridgehead atoms. The molecule has 0 fully saturated rings. The fourth-order valence-electron chi connectivity index (χ4n) is 1.97. The molecule has 0 aliphatic heterocycles. The van der Waals surface area contributed by atoms with Gasteiger partial charge in [-0.2, -0.15) is 0 Å². The van der Waals surface area contributed by atoms with Crippen molar-refractivity contribution in [1.29, 1.82) is 0 Å². The van der Waals surface area contributed by atoms with Crippen molar-refractivity contribution in [2.24, 2.45) is 0 Å². The van der Waals surface area contributed by atoms with Crippen LogP contribution >= 0.6 is 0 Å². The molecule has 2 aromatic rings. The average Bonchev–Trinajstić information content (AvgIpc) is 2.37. The second-order valence-corrected chi connectivity index (χ2v) is 4.57. The number of hydrogen-bond acceptors (Lipinski definition) is 5. The van der Waals surface area contributed by atoms with E-state index in [1.165, 1.54) is 18.2 Å². The lowest BCUT2D eigenvalue weighted by atomic mass is 10.1. The molecule has 3 N–H and O–H groups in total. The van der Waals surface area contributed by atoms with E-state index in [1.807, 2.05) is 0 Å². The highest BCUT2D eigenvalue weighted by Gasteiger charge is 2.17. The molecule has 2 rings (SSSR count). The third kappa shape index (κ3) is 3.38. The first-order chi connectivity index (χ1) is 9.86. The van der Waals surface area contributed by atoms with Crippen molar-refractivity contribution in [2.75, 3.05) is 5.32 Å². The minimum atomic E-state index is -0.617. The van der Waals surface area contributed by atoms with Crippen LogP contribution in [0.4, 0.5) is 15.8 Å². The molecule has 0 radical (unpaired) electrons. The van der Waals surface area contributed by atoms with Crippen LogP contribution in [0.1, 0.15) is 18.5 Å². The molecule has 2 aromatic carbocycles. The van der Waals surface area contributed by atoms with E-state index in [2.05, 4.69) is 5.32 Å². The Morgan fingerprint density at radius 2 is 1.81 bits per heavy atom. The molecule has 0 spiro atoms. The monoisotopic (exact) mass is 292 g/mol. The van der Waals surface area contributed by atoms with E-state index in [4.69, 9.17) is 0 Å². The summed E-state index contributed by atoms with van der Waals surface area (Å²) in [6.45, 7) is 1.67. The summed E-state index contributed by atoms with van der Waals surface area (Å²) in [5.74, 6) is -0.867. The van der Waals surface area contributed by atoms with Gasteiger partial charge >= 0.3 is 0 Å². The SMILES string of the molecule is CC(Nc1cc(F)ccc1[N+](=O)[O-])c1cc(O)cc(O)c1. The normalized spacial score (nSPS) is 11.9.